The summed E-state index contributed by atoms with van der Waals surface area (Å²) in [4.78, 5) is 15.7. The highest BCUT2D eigenvalue weighted by atomic mass is 32.1. The smallest absolute Gasteiger partial charge is 0.311 e. The first-order chi connectivity index (χ1) is 11.6. The van der Waals surface area contributed by atoms with Crippen LogP contribution in [0.1, 0.15) is 10.6 Å². The molecule has 6 nitrogen and oxygen atoms in total. The van der Waals surface area contributed by atoms with Crippen molar-refractivity contribution in [1.82, 2.24) is 4.98 Å². The monoisotopic (exact) mass is 355 g/mol. The van der Waals surface area contributed by atoms with Gasteiger partial charge in [-0.05, 0) is 29.2 Å². The number of nitro benzene ring substituents is 1. The van der Waals surface area contributed by atoms with E-state index in [2.05, 4.69) is 11.1 Å². The van der Waals surface area contributed by atoms with Crippen LogP contribution in [0, 0.1) is 21.4 Å². The number of hydrogen-bond donors (Lipinski definition) is 1. The molecule has 1 N–H and O–H groups in total. The topological polar surface area (TPSA) is 100 Å². The summed E-state index contributed by atoms with van der Waals surface area (Å²) in [5, 5.41) is 34.1. The molecule has 0 aliphatic carbocycles. The summed E-state index contributed by atoms with van der Waals surface area (Å²) < 4.78 is 0. The van der Waals surface area contributed by atoms with Crippen molar-refractivity contribution in [2.24, 2.45) is 0 Å². The minimum Gasteiger partial charge on any atom is -0.502 e. The van der Waals surface area contributed by atoms with Gasteiger partial charge in [0.15, 0.2) is 5.75 Å². The van der Waals surface area contributed by atoms with Gasteiger partial charge in [0.2, 0.25) is 0 Å². The number of thiazole rings is 1. The average Bonchev–Trinajstić information content (AvgIpc) is 3.24. The predicted octanol–water partition coefficient (Wildman–Crippen LogP) is 4.55. The van der Waals surface area contributed by atoms with E-state index in [1.807, 2.05) is 22.9 Å². The van der Waals surface area contributed by atoms with E-state index in [1.54, 1.807) is 11.3 Å². The highest BCUT2D eigenvalue weighted by Gasteiger charge is 2.14. The summed E-state index contributed by atoms with van der Waals surface area (Å²) in [5.74, 6) is -0.412. The second-order valence-corrected chi connectivity index (χ2v) is 6.50. The van der Waals surface area contributed by atoms with Gasteiger partial charge in [-0.1, -0.05) is 12.1 Å². The number of aromatic nitrogens is 1. The van der Waals surface area contributed by atoms with Gasteiger partial charge in [-0.2, -0.15) is 5.26 Å². The van der Waals surface area contributed by atoms with Gasteiger partial charge in [0, 0.05) is 11.4 Å². The fraction of sp³-hybridized carbons (Fsp3) is 0. The molecule has 0 spiro atoms. The van der Waals surface area contributed by atoms with E-state index >= 15 is 0 Å². The molecular weight excluding hydrogens is 346 g/mol. The zero-order chi connectivity index (χ0) is 17.1. The van der Waals surface area contributed by atoms with Crippen molar-refractivity contribution in [3.63, 3.8) is 0 Å². The maximum Gasteiger partial charge on any atom is 0.311 e. The fourth-order valence-electron chi connectivity index (χ4n) is 2.02. The molecule has 0 saturated heterocycles. The van der Waals surface area contributed by atoms with Crippen molar-refractivity contribution in [1.29, 1.82) is 5.26 Å². The molecule has 8 heteroatoms. The Kier molecular flexibility index (Phi) is 4.37. The Morgan fingerprint density at radius 3 is 2.88 bits per heavy atom. The van der Waals surface area contributed by atoms with E-state index in [1.165, 1.54) is 35.6 Å². The number of hydrogen-bond acceptors (Lipinski definition) is 7. The third-order valence-electron chi connectivity index (χ3n) is 3.14. The third-order valence-corrected chi connectivity index (χ3v) is 4.90. The van der Waals surface area contributed by atoms with Gasteiger partial charge in [-0.15, -0.1) is 22.7 Å². The molecule has 3 rings (SSSR count). The number of nitrogens with zero attached hydrogens (tertiary/aromatic N) is 3. The van der Waals surface area contributed by atoms with E-state index in [0.29, 0.717) is 16.1 Å². The molecule has 0 saturated carbocycles. The van der Waals surface area contributed by atoms with Crippen LogP contribution in [0.15, 0.2) is 41.1 Å². The number of nitriles is 1. The van der Waals surface area contributed by atoms with E-state index in [-0.39, 0.29) is 0 Å². The summed E-state index contributed by atoms with van der Waals surface area (Å²) in [6.45, 7) is 0. The van der Waals surface area contributed by atoms with E-state index in [4.69, 9.17) is 0 Å². The number of nitro groups is 1. The van der Waals surface area contributed by atoms with Gasteiger partial charge in [-0.25, -0.2) is 4.98 Å². The van der Waals surface area contributed by atoms with Crippen LogP contribution >= 0.6 is 22.7 Å². The molecule has 0 atom stereocenters. The van der Waals surface area contributed by atoms with Crippen LogP contribution in [0.3, 0.4) is 0 Å². The average molecular weight is 355 g/mol. The molecule has 0 radical (unpaired) electrons. The fourth-order valence-corrected chi connectivity index (χ4v) is 3.57. The highest BCUT2D eigenvalue weighted by Crippen LogP contribution is 2.31. The van der Waals surface area contributed by atoms with E-state index in [9.17, 15) is 20.5 Å². The Labute approximate surface area is 144 Å². The lowest BCUT2D eigenvalue weighted by atomic mass is 10.1. The second-order valence-electron chi connectivity index (χ2n) is 4.69. The first-order valence-corrected chi connectivity index (χ1v) is 8.43. The third kappa shape index (κ3) is 3.17. The summed E-state index contributed by atoms with van der Waals surface area (Å²) in [6, 6.07) is 9.91. The highest BCUT2D eigenvalue weighted by molar-refractivity contribution is 7.14. The lowest BCUT2D eigenvalue weighted by Gasteiger charge is -1.99. The maximum atomic E-state index is 10.9. The molecule has 0 aliphatic heterocycles. The zero-order valence-electron chi connectivity index (χ0n) is 12.0. The van der Waals surface area contributed by atoms with Crippen molar-refractivity contribution in [3.8, 4) is 22.4 Å². The van der Waals surface area contributed by atoms with Gasteiger partial charge in [0.05, 0.1) is 21.1 Å². The van der Waals surface area contributed by atoms with Crippen LogP contribution in [-0.4, -0.2) is 15.0 Å². The second kappa shape index (κ2) is 6.62. The number of phenols is 1. The van der Waals surface area contributed by atoms with E-state index < -0.39 is 16.4 Å². The van der Waals surface area contributed by atoms with E-state index in [0.717, 1.165) is 10.6 Å². The molecule has 24 heavy (non-hydrogen) atoms. The Morgan fingerprint density at radius 1 is 1.38 bits per heavy atom. The molecule has 2 aromatic heterocycles. The molecule has 0 aliphatic rings. The molecule has 0 fully saturated rings. The minimum absolute atomic E-state index is 0.308. The van der Waals surface area contributed by atoms with Gasteiger partial charge in [-0.3, -0.25) is 10.1 Å². The lowest BCUT2D eigenvalue weighted by molar-refractivity contribution is -0.385. The molecule has 0 bridgehead atoms. The van der Waals surface area contributed by atoms with Crippen LogP contribution in [-0.2, 0) is 0 Å². The number of aromatic hydroxyl groups is 1. The normalized spacial score (nSPS) is 11.2. The Balaban J connectivity index is 1.98. The number of benzene rings is 1. The van der Waals surface area contributed by atoms with Crippen molar-refractivity contribution >= 4 is 40.0 Å². The Morgan fingerprint density at radius 2 is 2.21 bits per heavy atom. The molecule has 0 amide bonds. The molecule has 3 aromatic rings. The van der Waals surface area contributed by atoms with Crippen LogP contribution in [0.4, 0.5) is 5.69 Å². The predicted molar refractivity (Wildman–Crippen MR) is 93.7 cm³/mol. The lowest BCUT2D eigenvalue weighted by Crippen LogP contribution is -1.89. The van der Waals surface area contributed by atoms with Gasteiger partial charge < -0.3 is 5.11 Å². The molecule has 1 aromatic carbocycles. The molecular formula is C16H9N3O3S2. The quantitative estimate of drug-likeness (QED) is 0.420. The van der Waals surface area contributed by atoms with Crippen LogP contribution in [0.25, 0.3) is 22.2 Å². The number of phenolic OH excluding ortho intramolecular Hbond substituents is 1. The van der Waals surface area contributed by atoms with Crippen molar-refractivity contribution in [2.75, 3.05) is 0 Å². The molecule has 2 heterocycles. The first-order valence-electron chi connectivity index (χ1n) is 6.67. The number of thiophene rings is 1. The zero-order valence-corrected chi connectivity index (χ0v) is 13.7. The summed E-state index contributed by atoms with van der Waals surface area (Å²) >= 11 is 2.89. The first kappa shape index (κ1) is 15.9. The van der Waals surface area contributed by atoms with Gasteiger partial charge in [0.25, 0.3) is 0 Å². The molecule has 118 valence electrons. The van der Waals surface area contributed by atoms with Gasteiger partial charge in [0.1, 0.15) is 11.1 Å². The van der Waals surface area contributed by atoms with Crippen molar-refractivity contribution in [2.45, 2.75) is 0 Å². The Bertz CT molecular complexity index is 969. The number of rotatable bonds is 4. The van der Waals surface area contributed by atoms with Crippen LogP contribution < -0.4 is 0 Å². The largest absolute Gasteiger partial charge is 0.502 e. The van der Waals surface area contributed by atoms with Crippen molar-refractivity contribution in [3.05, 3.63) is 61.8 Å². The van der Waals surface area contributed by atoms with Crippen LogP contribution in [0.2, 0.25) is 0 Å². The Hall–Kier alpha value is -3.02. The minimum atomic E-state index is -0.670. The molecule has 0 unspecified atom stereocenters. The standard InChI is InChI=1S/C16H9N3O3S2/c17-8-11(6-10-3-4-14(20)13(7-10)19(21)22)16-18-12(9-24-16)15-2-1-5-23-15/h1-7,9,20H/b11-6-. The summed E-state index contributed by atoms with van der Waals surface area (Å²) in [5.41, 5.74) is 1.15. The maximum absolute atomic E-state index is 10.9. The van der Waals surface area contributed by atoms with Crippen molar-refractivity contribution < 1.29 is 10.0 Å². The summed E-state index contributed by atoms with van der Waals surface area (Å²) in [6.07, 6.45) is 1.52. The summed E-state index contributed by atoms with van der Waals surface area (Å²) in [7, 11) is 0. The van der Waals surface area contributed by atoms with Crippen LogP contribution in [0.5, 0.6) is 5.75 Å². The van der Waals surface area contributed by atoms with Gasteiger partial charge >= 0.3 is 5.69 Å². The number of allylic oxidation sites excluding steroid dienone is 1. The SMILES string of the molecule is N#C/C(=C/c1ccc(O)c([N+](=O)[O-])c1)c1nc(-c2cccs2)cs1.